The number of aliphatic hydroxyl groups is 1. The van der Waals surface area contributed by atoms with E-state index < -0.39 is 17.7 Å². The molecule has 1 atom stereocenters. The number of hydrogen-bond acceptors (Lipinski definition) is 4. The van der Waals surface area contributed by atoms with Crippen LogP contribution in [0.2, 0.25) is 0 Å². The maximum absolute atomic E-state index is 12.9. The normalized spacial score (nSPS) is 18.4. The number of carbonyl (C=O) groups is 2. The molecule has 1 fully saturated rings. The van der Waals surface area contributed by atoms with Crippen molar-refractivity contribution in [2.24, 2.45) is 0 Å². The van der Waals surface area contributed by atoms with E-state index in [0.29, 0.717) is 11.3 Å². The van der Waals surface area contributed by atoms with Crippen LogP contribution >= 0.6 is 0 Å². The molecule has 3 aromatic rings. The Morgan fingerprint density at radius 1 is 1.00 bits per heavy atom. The Morgan fingerprint density at radius 2 is 1.72 bits per heavy atom. The van der Waals surface area contributed by atoms with E-state index in [0.717, 1.165) is 17.5 Å². The lowest BCUT2D eigenvalue weighted by molar-refractivity contribution is -0.140. The number of hydrogen-bond donors (Lipinski definition) is 1. The summed E-state index contributed by atoms with van der Waals surface area (Å²) in [5, 5.41) is 10.9. The first-order valence-electron chi connectivity index (χ1n) is 9.55. The molecule has 2 heterocycles. The highest BCUT2D eigenvalue weighted by Gasteiger charge is 2.46. The highest BCUT2D eigenvalue weighted by molar-refractivity contribution is 6.46. The largest absolute Gasteiger partial charge is 0.507 e. The van der Waals surface area contributed by atoms with Crippen LogP contribution < -0.4 is 0 Å². The van der Waals surface area contributed by atoms with E-state index in [1.807, 2.05) is 30.3 Å². The van der Waals surface area contributed by atoms with Crippen LogP contribution in [0, 0.1) is 0 Å². The van der Waals surface area contributed by atoms with Crippen molar-refractivity contribution in [3.8, 4) is 0 Å². The number of nitrogens with zero attached hydrogens (tertiary/aromatic N) is 1. The minimum absolute atomic E-state index is 0.0944. The summed E-state index contributed by atoms with van der Waals surface area (Å²) in [5.74, 6) is -0.942. The molecular formula is C24H21NO4. The van der Waals surface area contributed by atoms with Crippen LogP contribution in [-0.2, 0) is 22.6 Å². The molecule has 0 radical (unpaired) electrons. The number of aliphatic hydroxyl groups excluding tert-OH is 1. The maximum atomic E-state index is 12.9. The van der Waals surface area contributed by atoms with Gasteiger partial charge in [-0.15, -0.1) is 0 Å². The van der Waals surface area contributed by atoms with Crippen LogP contribution in [0.25, 0.3) is 5.76 Å². The molecule has 0 spiro atoms. The van der Waals surface area contributed by atoms with Crippen LogP contribution in [0.4, 0.5) is 0 Å². The number of aryl methyl sites for hydroxylation is 1. The fraction of sp³-hybridized carbons (Fsp3) is 0.167. The first kappa shape index (κ1) is 18.7. The lowest BCUT2D eigenvalue weighted by Crippen LogP contribution is -2.29. The Bertz CT molecular complexity index is 1050. The summed E-state index contributed by atoms with van der Waals surface area (Å²) in [6.45, 7) is 2.21. The van der Waals surface area contributed by atoms with Gasteiger partial charge in [0.1, 0.15) is 11.5 Å². The van der Waals surface area contributed by atoms with Gasteiger partial charge in [0, 0.05) is 5.56 Å². The lowest BCUT2D eigenvalue weighted by atomic mass is 9.94. The number of ketones is 1. The predicted octanol–water partition coefficient (Wildman–Crippen LogP) is 4.46. The van der Waals surface area contributed by atoms with Crippen molar-refractivity contribution in [1.29, 1.82) is 0 Å². The van der Waals surface area contributed by atoms with Gasteiger partial charge in [0.25, 0.3) is 11.7 Å². The molecule has 0 bridgehead atoms. The second kappa shape index (κ2) is 7.80. The van der Waals surface area contributed by atoms with E-state index in [-0.39, 0.29) is 17.9 Å². The smallest absolute Gasteiger partial charge is 0.296 e. The van der Waals surface area contributed by atoms with E-state index in [4.69, 9.17) is 4.42 Å². The maximum Gasteiger partial charge on any atom is 0.296 e. The van der Waals surface area contributed by atoms with Gasteiger partial charge in [-0.05, 0) is 29.7 Å². The highest BCUT2D eigenvalue weighted by Crippen LogP contribution is 2.40. The van der Waals surface area contributed by atoms with Crippen LogP contribution in [0.1, 0.15) is 35.4 Å². The van der Waals surface area contributed by atoms with Gasteiger partial charge in [-0.25, -0.2) is 0 Å². The molecule has 29 heavy (non-hydrogen) atoms. The SMILES string of the molecule is CCc1ccc([C@H]2C(=C(O)c3ccccc3)C(=O)C(=O)N2Cc2ccco2)cc1. The number of furan rings is 1. The zero-order valence-electron chi connectivity index (χ0n) is 16.0. The number of benzene rings is 2. The summed E-state index contributed by atoms with van der Waals surface area (Å²) in [5.41, 5.74) is 2.51. The molecular weight excluding hydrogens is 366 g/mol. The standard InChI is InChI=1S/C24H21NO4/c1-2-16-10-12-17(13-11-16)21-20(22(26)18-7-4-3-5-8-18)23(27)24(28)25(21)15-19-9-6-14-29-19/h3-14,21,26H,2,15H2,1H3/t21-/m0/s1. The summed E-state index contributed by atoms with van der Waals surface area (Å²) >= 11 is 0. The van der Waals surface area contributed by atoms with Gasteiger partial charge < -0.3 is 14.4 Å². The lowest BCUT2D eigenvalue weighted by Gasteiger charge is -2.24. The second-order valence-electron chi connectivity index (χ2n) is 6.97. The molecule has 1 N–H and O–H groups in total. The van der Waals surface area contributed by atoms with Crippen molar-refractivity contribution in [3.05, 3.63) is 101 Å². The third-order valence-electron chi connectivity index (χ3n) is 5.20. The molecule has 0 unspecified atom stereocenters. The van der Waals surface area contributed by atoms with Crippen LogP contribution in [0.3, 0.4) is 0 Å². The van der Waals surface area contributed by atoms with Crippen LogP contribution in [0.5, 0.6) is 0 Å². The van der Waals surface area contributed by atoms with Gasteiger partial charge >= 0.3 is 0 Å². The third-order valence-corrected chi connectivity index (χ3v) is 5.20. The Labute approximate surface area is 168 Å². The van der Waals surface area contributed by atoms with Gasteiger partial charge in [-0.1, -0.05) is 61.5 Å². The van der Waals surface area contributed by atoms with Crippen molar-refractivity contribution >= 4 is 17.4 Å². The summed E-state index contributed by atoms with van der Waals surface area (Å²) in [6, 6.07) is 19.4. The van der Waals surface area contributed by atoms with E-state index in [9.17, 15) is 14.7 Å². The summed E-state index contributed by atoms with van der Waals surface area (Å²) in [6.07, 6.45) is 2.41. The summed E-state index contributed by atoms with van der Waals surface area (Å²) in [7, 11) is 0. The molecule has 0 saturated carbocycles. The van der Waals surface area contributed by atoms with E-state index in [1.165, 1.54) is 11.2 Å². The quantitative estimate of drug-likeness (QED) is 0.398. The zero-order chi connectivity index (χ0) is 20.4. The molecule has 5 heteroatoms. The first-order chi connectivity index (χ1) is 14.1. The molecule has 0 aliphatic carbocycles. The number of rotatable bonds is 5. The Kier molecular flexibility index (Phi) is 5.04. The van der Waals surface area contributed by atoms with Gasteiger partial charge in [0.15, 0.2) is 0 Å². The van der Waals surface area contributed by atoms with Crippen molar-refractivity contribution in [1.82, 2.24) is 4.90 Å². The zero-order valence-corrected chi connectivity index (χ0v) is 16.0. The highest BCUT2D eigenvalue weighted by atomic mass is 16.3. The van der Waals surface area contributed by atoms with Crippen molar-refractivity contribution < 1.29 is 19.1 Å². The first-order valence-corrected chi connectivity index (χ1v) is 9.55. The Balaban J connectivity index is 1.85. The second-order valence-corrected chi connectivity index (χ2v) is 6.97. The summed E-state index contributed by atoms with van der Waals surface area (Å²) in [4.78, 5) is 27.3. The molecule has 4 rings (SSSR count). The van der Waals surface area contributed by atoms with Gasteiger partial charge in [0.05, 0.1) is 24.4 Å². The van der Waals surface area contributed by atoms with Gasteiger partial charge in [0.2, 0.25) is 0 Å². The molecule has 2 aromatic carbocycles. The molecule has 1 aromatic heterocycles. The molecule has 1 amide bonds. The average Bonchev–Trinajstić information content (AvgIpc) is 3.36. The van der Waals surface area contributed by atoms with Crippen LogP contribution in [-0.4, -0.2) is 21.7 Å². The molecule has 1 aliphatic heterocycles. The Morgan fingerprint density at radius 3 is 2.34 bits per heavy atom. The fourth-order valence-electron chi connectivity index (χ4n) is 3.65. The van der Waals surface area contributed by atoms with Gasteiger partial charge in [-0.2, -0.15) is 0 Å². The van der Waals surface area contributed by atoms with E-state index in [1.54, 1.807) is 36.4 Å². The third kappa shape index (κ3) is 3.47. The molecule has 146 valence electrons. The number of Topliss-reactive ketones (excluding diaryl/α,β-unsaturated/α-hetero) is 1. The van der Waals surface area contributed by atoms with Crippen molar-refractivity contribution in [3.63, 3.8) is 0 Å². The van der Waals surface area contributed by atoms with Crippen LogP contribution in [0.15, 0.2) is 83.0 Å². The predicted molar refractivity (Wildman–Crippen MR) is 109 cm³/mol. The van der Waals surface area contributed by atoms with Crippen molar-refractivity contribution in [2.75, 3.05) is 0 Å². The molecule has 1 saturated heterocycles. The minimum atomic E-state index is -0.692. The Hall–Kier alpha value is -3.60. The number of amides is 1. The summed E-state index contributed by atoms with van der Waals surface area (Å²) < 4.78 is 5.40. The van der Waals surface area contributed by atoms with Gasteiger partial charge in [-0.3, -0.25) is 9.59 Å². The number of likely N-dealkylation sites (tertiary alicyclic amines) is 1. The monoisotopic (exact) mass is 387 g/mol. The fourth-order valence-corrected chi connectivity index (χ4v) is 3.65. The molecule has 1 aliphatic rings. The average molecular weight is 387 g/mol. The topological polar surface area (TPSA) is 70.8 Å². The number of carbonyl (C=O) groups excluding carboxylic acids is 2. The molecule has 5 nitrogen and oxygen atoms in total. The van der Waals surface area contributed by atoms with Crippen molar-refractivity contribution in [2.45, 2.75) is 25.9 Å². The van der Waals surface area contributed by atoms with E-state index in [2.05, 4.69) is 6.92 Å². The minimum Gasteiger partial charge on any atom is -0.507 e. The van der Waals surface area contributed by atoms with E-state index >= 15 is 0 Å².